The molecule has 0 aromatic heterocycles. The molecule has 1 aromatic rings. The fourth-order valence-corrected chi connectivity index (χ4v) is 2.58. The average molecular weight is 275 g/mol. The number of rotatable bonds is 4. The Hall–Kier alpha value is -1.55. The maximum Gasteiger partial charge on any atom is 0.237 e. The summed E-state index contributed by atoms with van der Waals surface area (Å²) in [6.45, 7) is 9.81. The predicted octanol–water partition coefficient (Wildman–Crippen LogP) is 1.72. The van der Waals surface area contributed by atoms with Gasteiger partial charge in [0, 0.05) is 37.9 Å². The van der Waals surface area contributed by atoms with Crippen LogP contribution in [0.3, 0.4) is 0 Å². The number of carbonyl (C=O) groups excluding carboxylic acids is 1. The zero-order chi connectivity index (χ0) is 14.5. The number of piperazine rings is 1. The Balaban J connectivity index is 1.86. The lowest BCUT2D eigenvalue weighted by molar-refractivity contribution is -0.126. The van der Waals surface area contributed by atoms with E-state index >= 15 is 0 Å². The molecule has 1 heterocycles. The molecule has 1 saturated heterocycles. The van der Waals surface area contributed by atoms with Gasteiger partial charge in [-0.05, 0) is 32.9 Å². The Morgan fingerprint density at radius 1 is 1.05 bits per heavy atom. The lowest BCUT2D eigenvalue weighted by Crippen LogP contribution is -2.54. The number of anilines is 1. The molecule has 4 nitrogen and oxygen atoms in total. The SMILES string of the molecule is CC(C)NC(=O)[C@@H](C)N1CCN(c2ccccc2)CC1. The second-order valence-electron chi connectivity index (χ2n) is 5.70. The summed E-state index contributed by atoms with van der Waals surface area (Å²) in [4.78, 5) is 16.7. The van der Waals surface area contributed by atoms with Crippen molar-refractivity contribution < 1.29 is 4.79 Å². The second kappa shape index (κ2) is 6.75. The molecule has 1 N–H and O–H groups in total. The van der Waals surface area contributed by atoms with Crippen molar-refractivity contribution >= 4 is 11.6 Å². The minimum absolute atomic E-state index is 0.0460. The van der Waals surface area contributed by atoms with E-state index in [1.165, 1.54) is 5.69 Å². The van der Waals surface area contributed by atoms with E-state index < -0.39 is 0 Å². The van der Waals surface area contributed by atoms with Crippen LogP contribution < -0.4 is 10.2 Å². The molecule has 0 bridgehead atoms. The molecule has 1 amide bonds. The molecule has 0 saturated carbocycles. The van der Waals surface area contributed by atoms with Crippen LogP contribution in [0.5, 0.6) is 0 Å². The predicted molar refractivity (Wildman–Crippen MR) is 83.0 cm³/mol. The quantitative estimate of drug-likeness (QED) is 0.909. The fourth-order valence-electron chi connectivity index (χ4n) is 2.58. The molecule has 0 radical (unpaired) electrons. The molecular formula is C16H25N3O. The Morgan fingerprint density at radius 3 is 2.20 bits per heavy atom. The smallest absolute Gasteiger partial charge is 0.237 e. The van der Waals surface area contributed by atoms with Crippen LogP contribution in [0.2, 0.25) is 0 Å². The van der Waals surface area contributed by atoms with E-state index in [2.05, 4.69) is 39.4 Å². The van der Waals surface area contributed by atoms with Crippen LogP contribution in [0.1, 0.15) is 20.8 Å². The summed E-state index contributed by atoms with van der Waals surface area (Å²) in [6, 6.07) is 10.6. The van der Waals surface area contributed by atoms with Gasteiger partial charge in [0.25, 0.3) is 0 Å². The number of benzene rings is 1. The lowest BCUT2D eigenvalue weighted by atomic mass is 10.2. The number of para-hydroxylation sites is 1. The zero-order valence-corrected chi connectivity index (χ0v) is 12.7. The van der Waals surface area contributed by atoms with Gasteiger partial charge in [-0.1, -0.05) is 18.2 Å². The summed E-state index contributed by atoms with van der Waals surface area (Å²) in [7, 11) is 0. The summed E-state index contributed by atoms with van der Waals surface area (Å²) in [5.41, 5.74) is 1.27. The molecule has 0 aliphatic carbocycles. The van der Waals surface area contributed by atoms with Gasteiger partial charge in [0.05, 0.1) is 6.04 Å². The van der Waals surface area contributed by atoms with Crippen molar-refractivity contribution in [2.75, 3.05) is 31.1 Å². The summed E-state index contributed by atoms with van der Waals surface area (Å²) in [5, 5.41) is 2.99. The summed E-state index contributed by atoms with van der Waals surface area (Å²) in [5.74, 6) is 0.133. The van der Waals surface area contributed by atoms with Crippen molar-refractivity contribution in [2.45, 2.75) is 32.9 Å². The fraction of sp³-hybridized carbons (Fsp3) is 0.562. The van der Waals surface area contributed by atoms with Crippen molar-refractivity contribution in [1.29, 1.82) is 0 Å². The molecule has 1 aliphatic heterocycles. The molecule has 1 atom stereocenters. The van der Waals surface area contributed by atoms with Gasteiger partial charge in [0.1, 0.15) is 0 Å². The highest BCUT2D eigenvalue weighted by molar-refractivity contribution is 5.81. The number of carbonyl (C=O) groups is 1. The van der Waals surface area contributed by atoms with E-state index in [9.17, 15) is 4.79 Å². The van der Waals surface area contributed by atoms with Crippen molar-refractivity contribution in [2.24, 2.45) is 0 Å². The van der Waals surface area contributed by atoms with Crippen LogP contribution in [-0.4, -0.2) is 49.1 Å². The van der Waals surface area contributed by atoms with Gasteiger partial charge >= 0.3 is 0 Å². The van der Waals surface area contributed by atoms with Gasteiger partial charge in [-0.2, -0.15) is 0 Å². The molecule has 2 rings (SSSR count). The Morgan fingerprint density at radius 2 is 1.65 bits per heavy atom. The maximum absolute atomic E-state index is 12.0. The minimum atomic E-state index is -0.0460. The molecule has 0 unspecified atom stereocenters. The van der Waals surface area contributed by atoms with Crippen LogP contribution in [0.4, 0.5) is 5.69 Å². The molecule has 1 aliphatic rings. The molecule has 1 fully saturated rings. The van der Waals surface area contributed by atoms with Gasteiger partial charge in [0.15, 0.2) is 0 Å². The molecule has 4 heteroatoms. The highest BCUT2D eigenvalue weighted by Gasteiger charge is 2.25. The summed E-state index contributed by atoms with van der Waals surface area (Å²) >= 11 is 0. The third kappa shape index (κ3) is 3.73. The molecule has 1 aromatic carbocycles. The Bertz CT molecular complexity index is 425. The van der Waals surface area contributed by atoms with E-state index in [1.807, 2.05) is 26.8 Å². The normalized spacial score (nSPS) is 18.1. The number of nitrogens with one attached hydrogen (secondary N) is 1. The van der Waals surface area contributed by atoms with E-state index in [4.69, 9.17) is 0 Å². The third-order valence-electron chi connectivity index (χ3n) is 3.79. The van der Waals surface area contributed by atoms with Crippen molar-refractivity contribution in [3.8, 4) is 0 Å². The summed E-state index contributed by atoms with van der Waals surface area (Å²) < 4.78 is 0. The van der Waals surface area contributed by atoms with Gasteiger partial charge in [-0.25, -0.2) is 0 Å². The second-order valence-corrected chi connectivity index (χ2v) is 5.70. The first-order valence-electron chi connectivity index (χ1n) is 7.42. The molecule has 0 spiro atoms. The number of nitrogens with zero attached hydrogens (tertiary/aromatic N) is 2. The number of hydrogen-bond acceptors (Lipinski definition) is 3. The van der Waals surface area contributed by atoms with Crippen LogP contribution in [0.15, 0.2) is 30.3 Å². The van der Waals surface area contributed by atoms with Crippen LogP contribution in [-0.2, 0) is 4.79 Å². The Labute approximate surface area is 121 Å². The van der Waals surface area contributed by atoms with Crippen LogP contribution in [0.25, 0.3) is 0 Å². The molecular weight excluding hydrogens is 250 g/mol. The largest absolute Gasteiger partial charge is 0.369 e. The number of hydrogen-bond donors (Lipinski definition) is 1. The summed E-state index contributed by atoms with van der Waals surface area (Å²) in [6.07, 6.45) is 0. The highest BCUT2D eigenvalue weighted by Crippen LogP contribution is 2.16. The first kappa shape index (κ1) is 14.9. The topological polar surface area (TPSA) is 35.6 Å². The van der Waals surface area contributed by atoms with Crippen molar-refractivity contribution in [1.82, 2.24) is 10.2 Å². The van der Waals surface area contributed by atoms with E-state index in [-0.39, 0.29) is 18.0 Å². The lowest BCUT2D eigenvalue weighted by Gasteiger charge is -2.38. The van der Waals surface area contributed by atoms with Crippen molar-refractivity contribution in [3.05, 3.63) is 30.3 Å². The van der Waals surface area contributed by atoms with Crippen molar-refractivity contribution in [3.63, 3.8) is 0 Å². The standard InChI is InChI=1S/C16H25N3O/c1-13(2)17-16(20)14(3)18-9-11-19(12-10-18)15-7-5-4-6-8-15/h4-8,13-14H,9-12H2,1-3H3,(H,17,20)/t14-/m1/s1. The third-order valence-corrected chi connectivity index (χ3v) is 3.79. The zero-order valence-electron chi connectivity index (χ0n) is 12.7. The molecule has 110 valence electrons. The van der Waals surface area contributed by atoms with E-state index in [0.29, 0.717) is 0 Å². The van der Waals surface area contributed by atoms with Gasteiger partial charge in [0.2, 0.25) is 5.91 Å². The number of amides is 1. The van der Waals surface area contributed by atoms with E-state index in [1.54, 1.807) is 0 Å². The van der Waals surface area contributed by atoms with Gasteiger partial charge in [-0.15, -0.1) is 0 Å². The van der Waals surface area contributed by atoms with Gasteiger partial charge < -0.3 is 10.2 Å². The van der Waals surface area contributed by atoms with Crippen LogP contribution >= 0.6 is 0 Å². The van der Waals surface area contributed by atoms with Crippen LogP contribution in [0, 0.1) is 0 Å². The highest BCUT2D eigenvalue weighted by atomic mass is 16.2. The minimum Gasteiger partial charge on any atom is -0.369 e. The monoisotopic (exact) mass is 275 g/mol. The van der Waals surface area contributed by atoms with Gasteiger partial charge in [-0.3, -0.25) is 9.69 Å². The first-order valence-corrected chi connectivity index (χ1v) is 7.42. The first-order chi connectivity index (χ1) is 9.58. The average Bonchev–Trinajstić information content (AvgIpc) is 2.47. The van der Waals surface area contributed by atoms with E-state index in [0.717, 1.165) is 26.2 Å². The maximum atomic E-state index is 12.0. The Kier molecular flexibility index (Phi) is 5.01. The molecule has 20 heavy (non-hydrogen) atoms.